The summed E-state index contributed by atoms with van der Waals surface area (Å²) in [5.74, 6) is -2.35. The fraction of sp³-hybridized carbons (Fsp3) is 0.333. The van der Waals surface area contributed by atoms with E-state index < -0.39 is 23.2 Å². The van der Waals surface area contributed by atoms with Gasteiger partial charge in [-0.25, -0.2) is 4.79 Å². The minimum absolute atomic E-state index is 0.0327. The molecule has 2 heterocycles. The second kappa shape index (κ2) is 4.94. The van der Waals surface area contributed by atoms with Crippen molar-refractivity contribution >= 4 is 23.7 Å². The van der Waals surface area contributed by atoms with Crippen LogP contribution < -0.4 is 5.32 Å². The molecule has 2 aliphatic rings. The van der Waals surface area contributed by atoms with Gasteiger partial charge in [-0.3, -0.25) is 14.4 Å². The van der Waals surface area contributed by atoms with E-state index in [0.717, 1.165) is 0 Å². The maximum Gasteiger partial charge on any atom is 0.339 e. The molecule has 1 fully saturated rings. The van der Waals surface area contributed by atoms with Crippen molar-refractivity contribution in [1.82, 2.24) is 10.4 Å². The molecule has 1 N–H and O–H groups in total. The number of imide groups is 1. The van der Waals surface area contributed by atoms with E-state index in [9.17, 15) is 19.2 Å². The molecule has 0 spiro atoms. The summed E-state index contributed by atoms with van der Waals surface area (Å²) in [6.07, 6.45) is 0.357. The van der Waals surface area contributed by atoms with Crippen LogP contribution >= 0.6 is 0 Å². The van der Waals surface area contributed by atoms with Gasteiger partial charge < -0.3 is 10.2 Å². The number of carbonyl (C=O) groups excluding carboxylic acids is 4. The van der Waals surface area contributed by atoms with Crippen molar-refractivity contribution in [3.63, 3.8) is 0 Å². The minimum Gasteiger partial charge on any atom is -0.356 e. The van der Waals surface area contributed by atoms with Crippen LogP contribution in [0.4, 0.5) is 0 Å². The molecule has 0 saturated carbocycles. The number of hydroxylamine groups is 2. The van der Waals surface area contributed by atoms with Gasteiger partial charge in [0.2, 0.25) is 5.91 Å². The van der Waals surface area contributed by atoms with Gasteiger partial charge >= 0.3 is 5.97 Å². The Labute approximate surface area is 126 Å². The van der Waals surface area contributed by atoms with E-state index in [1.54, 1.807) is 19.1 Å². The Hall–Kier alpha value is -2.70. The number of nitrogens with one attached hydrogen (secondary N) is 1. The van der Waals surface area contributed by atoms with E-state index in [2.05, 4.69) is 5.32 Å². The summed E-state index contributed by atoms with van der Waals surface area (Å²) < 4.78 is 0. The van der Waals surface area contributed by atoms with Crippen LogP contribution in [0.3, 0.4) is 0 Å². The van der Waals surface area contributed by atoms with E-state index in [0.29, 0.717) is 18.0 Å². The molecule has 2 aliphatic heterocycles. The summed E-state index contributed by atoms with van der Waals surface area (Å²) >= 11 is 0. The number of rotatable bonds is 2. The van der Waals surface area contributed by atoms with E-state index >= 15 is 0 Å². The van der Waals surface area contributed by atoms with Crippen molar-refractivity contribution in [2.75, 3.05) is 6.54 Å². The summed E-state index contributed by atoms with van der Waals surface area (Å²) in [7, 11) is 0. The third kappa shape index (κ3) is 2.14. The maximum atomic E-state index is 12.3. The SMILES string of the molecule is CC1(C(=O)ON2C(=O)c3ccccc3C2=O)CCNC(=O)C1. The molecule has 0 bridgehead atoms. The van der Waals surface area contributed by atoms with Crippen LogP contribution in [0.25, 0.3) is 0 Å². The van der Waals surface area contributed by atoms with Crippen LogP contribution in [0.15, 0.2) is 24.3 Å². The van der Waals surface area contributed by atoms with Crippen LogP contribution in [0, 0.1) is 5.41 Å². The highest BCUT2D eigenvalue weighted by Gasteiger charge is 2.45. The number of nitrogens with zero attached hydrogens (tertiary/aromatic N) is 1. The Balaban J connectivity index is 1.80. The largest absolute Gasteiger partial charge is 0.356 e. The molecule has 7 heteroatoms. The highest BCUT2D eigenvalue weighted by molar-refractivity contribution is 6.20. The van der Waals surface area contributed by atoms with E-state index in [4.69, 9.17) is 4.84 Å². The predicted octanol–water partition coefficient (Wildman–Crippen LogP) is 0.657. The first-order chi connectivity index (χ1) is 10.4. The number of hydrogen-bond donors (Lipinski definition) is 1. The number of fused-ring (bicyclic) bond motifs is 1. The lowest BCUT2D eigenvalue weighted by molar-refractivity contribution is -0.182. The summed E-state index contributed by atoms with van der Waals surface area (Å²) in [5.41, 5.74) is -0.642. The molecule has 114 valence electrons. The van der Waals surface area contributed by atoms with Gasteiger partial charge in [0.05, 0.1) is 16.5 Å². The topological polar surface area (TPSA) is 92.8 Å². The van der Waals surface area contributed by atoms with Gasteiger partial charge in [-0.15, -0.1) is 0 Å². The fourth-order valence-electron chi connectivity index (χ4n) is 2.60. The fourth-order valence-corrected chi connectivity index (χ4v) is 2.60. The van der Waals surface area contributed by atoms with Gasteiger partial charge in [0.1, 0.15) is 0 Å². The second-order valence-electron chi connectivity index (χ2n) is 5.67. The molecule has 0 radical (unpaired) electrons. The van der Waals surface area contributed by atoms with Crippen molar-refractivity contribution in [3.8, 4) is 0 Å². The highest BCUT2D eigenvalue weighted by Crippen LogP contribution is 2.32. The molecule has 1 aromatic carbocycles. The van der Waals surface area contributed by atoms with Crippen molar-refractivity contribution in [2.24, 2.45) is 5.41 Å². The summed E-state index contributed by atoms with van der Waals surface area (Å²) in [5, 5.41) is 3.10. The molecule has 1 unspecified atom stereocenters. The maximum absolute atomic E-state index is 12.3. The molecule has 3 amide bonds. The molecule has 7 nitrogen and oxygen atoms in total. The first-order valence-corrected chi connectivity index (χ1v) is 6.89. The second-order valence-corrected chi connectivity index (χ2v) is 5.67. The lowest BCUT2D eigenvalue weighted by Gasteiger charge is -2.31. The van der Waals surface area contributed by atoms with Gasteiger partial charge in [0.15, 0.2) is 0 Å². The first kappa shape index (κ1) is 14.2. The average Bonchev–Trinajstić information content (AvgIpc) is 2.73. The Kier molecular flexibility index (Phi) is 3.20. The number of benzene rings is 1. The van der Waals surface area contributed by atoms with E-state index in [1.165, 1.54) is 12.1 Å². The van der Waals surface area contributed by atoms with Crippen molar-refractivity contribution < 1.29 is 24.0 Å². The summed E-state index contributed by atoms with van der Waals surface area (Å²) in [4.78, 5) is 53.1. The number of piperidine rings is 1. The molecule has 22 heavy (non-hydrogen) atoms. The van der Waals surface area contributed by atoms with Gasteiger partial charge in [-0.2, -0.15) is 0 Å². The highest BCUT2D eigenvalue weighted by atomic mass is 16.7. The smallest absolute Gasteiger partial charge is 0.339 e. The van der Waals surface area contributed by atoms with Crippen LogP contribution in [0.5, 0.6) is 0 Å². The standard InChI is InChI=1S/C15H14N2O5/c1-15(6-7-16-11(18)8-15)14(21)22-17-12(19)9-4-2-3-5-10(9)13(17)20/h2-5H,6-8H2,1H3,(H,16,18). The Morgan fingerprint density at radius 1 is 1.18 bits per heavy atom. The number of hydrogen-bond acceptors (Lipinski definition) is 5. The van der Waals surface area contributed by atoms with Crippen molar-refractivity contribution in [3.05, 3.63) is 35.4 Å². The monoisotopic (exact) mass is 302 g/mol. The van der Waals surface area contributed by atoms with E-state index in [-0.39, 0.29) is 23.5 Å². The van der Waals surface area contributed by atoms with Gasteiger partial charge in [0, 0.05) is 13.0 Å². The van der Waals surface area contributed by atoms with Crippen molar-refractivity contribution in [2.45, 2.75) is 19.8 Å². The molecular weight excluding hydrogens is 288 g/mol. The van der Waals surface area contributed by atoms with Gasteiger partial charge in [-0.1, -0.05) is 17.2 Å². The number of amides is 3. The van der Waals surface area contributed by atoms with Crippen LogP contribution in [-0.4, -0.2) is 35.3 Å². The predicted molar refractivity (Wildman–Crippen MR) is 73.4 cm³/mol. The molecule has 1 saturated heterocycles. The van der Waals surface area contributed by atoms with E-state index in [1.807, 2.05) is 0 Å². The first-order valence-electron chi connectivity index (χ1n) is 6.89. The Morgan fingerprint density at radius 2 is 1.77 bits per heavy atom. The Bertz CT molecular complexity index is 664. The third-order valence-electron chi connectivity index (χ3n) is 3.97. The summed E-state index contributed by atoms with van der Waals surface area (Å²) in [6.45, 7) is 1.94. The third-order valence-corrected chi connectivity index (χ3v) is 3.97. The minimum atomic E-state index is -1.04. The number of carbonyl (C=O) groups is 4. The zero-order chi connectivity index (χ0) is 15.9. The summed E-state index contributed by atoms with van der Waals surface area (Å²) in [6, 6.07) is 6.25. The van der Waals surface area contributed by atoms with Gasteiger partial charge in [-0.05, 0) is 25.5 Å². The molecule has 1 aromatic rings. The zero-order valence-corrected chi connectivity index (χ0v) is 11.9. The molecular formula is C15H14N2O5. The van der Waals surface area contributed by atoms with Crippen molar-refractivity contribution in [1.29, 1.82) is 0 Å². The average molecular weight is 302 g/mol. The molecule has 0 aromatic heterocycles. The molecule has 1 atom stereocenters. The van der Waals surface area contributed by atoms with Crippen LogP contribution in [0.2, 0.25) is 0 Å². The normalized spacial score (nSPS) is 24.0. The Morgan fingerprint density at radius 3 is 2.32 bits per heavy atom. The quantitative estimate of drug-likeness (QED) is 0.810. The molecule has 0 aliphatic carbocycles. The molecule has 3 rings (SSSR count). The lowest BCUT2D eigenvalue weighted by atomic mass is 9.81. The zero-order valence-electron chi connectivity index (χ0n) is 11.9. The van der Waals surface area contributed by atoms with Crippen LogP contribution in [0.1, 0.15) is 40.5 Å². The van der Waals surface area contributed by atoms with Gasteiger partial charge in [0.25, 0.3) is 11.8 Å². The van der Waals surface area contributed by atoms with Crippen LogP contribution in [-0.2, 0) is 14.4 Å². The lowest BCUT2D eigenvalue weighted by Crippen LogP contribution is -2.46.